The number of hydrogen-bond donors (Lipinski definition) is 0. The maximum atomic E-state index is 9.75. The zero-order chi connectivity index (χ0) is 8.08. The summed E-state index contributed by atoms with van der Waals surface area (Å²) in [6.07, 6.45) is 0. The summed E-state index contributed by atoms with van der Waals surface area (Å²) in [7, 11) is -6.00. The molecule has 0 amide bonds. The van der Waals surface area contributed by atoms with Gasteiger partial charge in [0, 0.05) is 0 Å². The van der Waals surface area contributed by atoms with E-state index in [1.54, 1.807) is 0 Å². The molecule has 0 bridgehead atoms. The van der Waals surface area contributed by atoms with E-state index in [9.17, 15) is 17.3 Å². The summed E-state index contributed by atoms with van der Waals surface area (Å²) in [6, 6.07) is 0. The Bertz CT molecular complexity index is 75.1. The van der Waals surface area contributed by atoms with Crippen molar-refractivity contribution >= 4 is 7.25 Å². The van der Waals surface area contributed by atoms with Crippen LogP contribution in [0.15, 0.2) is 12.2 Å². The summed E-state index contributed by atoms with van der Waals surface area (Å²) in [5, 5.41) is 0. The van der Waals surface area contributed by atoms with Gasteiger partial charge in [0.25, 0.3) is 0 Å². The highest BCUT2D eigenvalue weighted by Crippen LogP contribution is 2.06. The third kappa shape index (κ3) is 1020. The molecule has 0 saturated carbocycles. The molecule has 0 aliphatic heterocycles. The van der Waals surface area contributed by atoms with Crippen molar-refractivity contribution in [3.8, 4) is 0 Å². The predicted molar refractivity (Wildman–Crippen MR) is 30.7 cm³/mol. The van der Waals surface area contributed by atoms with Crippen molar-refractivity contribution in [1.29, 1.82) is 0 Å². The van der Waals surface area contributed by atoms with Crippen molar-refractivity contribution in [3.05, 3.63) is 12.2 Å². The smallest absolute Gasteiger partial charge is 0.418 e. The zero-order valence-corrected chi connectivity index (χ0v) is 5.30. The molecule has 0 fully saturated rings. The first-order valence-corrected chi connectivity index (χ1v) is 2.23. The molecule has 0 heterocycles. The molecule has 0 aromatic heterocycles. The highest BCUT2D eigenvalue weighted by Gasteiger charge is 2.20. The fraction of sp³-hybridized carbons (Fsp3) is 0.500. The van der Waals surface area contributed by atoms with E-state index in [2.05, 4.69) is 6.58 Å². The van der Waals surface area contributed by atoms with Crippen molar-refractivity contribution < 1.29 is 17.3 Å². The maximum Gasteiger partial charge on any atom is 0.673 e. The molecule has 56 valence electrons. The molecule has 9 heavy (non-hydrogen) atoms. The van der Waals surface area contributed by atoms with Crippen LogP contribution in [0.1, 0.15) is 13.8 Å². The van der Waals surface area contributed by atoms with E-state index in [-0.39, 0.29) is 0 Å². The molecule has 0 saturated heterocycles. The normalized spacial score (nSPS) is 9.56. The van der Waals surface area contributed by atoms with E-state index < -0.39 is 7.25 Å². The minimum absolute atomic E-state index is 1.17. The lowest BCUT2D eigenvalue weighted by molar-refractivity contribution is 0.368. The van der Waals surface area contributed by atoms with Gasteiger partial charge >= 0.3 is 7.25 Å². The van der Waals surface area contributed by atoms with Crippen molar-refractivity contribution in [2.75, 3.05) is 0 Å². The van der Waals surface area contributed by atoms with Gasteiger partial charge in [-0.3, -0.25) is 0 Å². The van der Waals surface area contributed by atoms with Crippen molar-refractivity contribution in [2.24, 2.45) is 0 Å². The van der Waals surface area contributed by atoms with Crippen LogP contribution in [0.4, 0.5) is 17.3 Å². The first-order valence-electron chi connectivity index (χ1n) is 2.23. The van der Waals surface area contributed by atoms with Crippen molar-refractivity contribution in [2.45, 2.75) is 13.8 Å². The van der Waals surface area contributed by atoms with Crippen LogP contribution in [0.5, 0.6) is 0 Å². The summed E-state index contributed by atoms with van der Waals surface area (Å²) in [5.41, 5.74) is 1.17. The van der Waals surface area contributed by atoms with Gasteiger partial charge in [0.2, 0.25) is 0 Å². The summed E-state index contributed by atoms with van der Waals surface area (Å²) < 4.78 is 39.0. The maximum absolute atomic E-state index is 9.75. The molecule has 0 aromatic rings. The molecule has 0 radical (unpaired) electrons. The Morgan fingerprint density at radius 2 is 1.11 bits per heavy atom. The van der Waals surface area contributed by atoms with Gasteiger partial charge in [-0.15, -0.1) is 6.58 Å². The third-order valence-corrected chi connectivity index (χ3v) is 0. The van der Waals surface area contributed by atoms with E-state index in [0.717, 1.165) is 0 Å². The molecule has 0 aliphatic carbocycles. The van der Waals surface area contributed by atoms with E-state index in [0.29, 0.717) is 0 Å². The van der Waals surface area contributed by atoms with Gasteiger partial charge < -0.3 is 17.3 Å². The van der Waals surface area contributed by atoms with E-state index in [1.807, 2.05) is 13.8 Å². The third-order valence-electron chi connectivity index (χ3n) is 0. The second-order valence-electron chi connectivity index (χ2n) is 1.70. The fourth-order valence-electron chi connectivity index (χ4n) is 0. The monoisotopic (exact) mass is 143 g/mol. The Balaban J connectivity index is 0. The van der Waals surface area contributed by atoms with Gasteiger partial charge in [0.05, 0.1) is 0 Å². The molecule has 0 aliphatic rings. The minimum Gasteiger partial charge on any atom is -0.418 e. The van der Waals surface area contributed by atoms with Crippen molar-refractivity contribution in [1.82, 2.24) is 0 Å². The average Bonchev–Trinajstić information content (AvgIpc) is 1.19. The highest BCUT2D eigenvalue weighted by atomic mass is 19.5. The number of allylic oxidation sites excluding steroid dienone is 1. The molecule has 0 unspecified atom stereocenters. The Hall–Kier alpha value is -0.475. The lowest BCUT2D eigenvalue weighted by Gasteiger charge is -1.94. The summed E-state index contributed by atoms with van der Waals surface area (Å²) in [5.74, 6) is 0. The fourth-order valence-corrected chi connectivity index (χ4v) is 0. The zero-order valence-electron chi connectivity index (χ0n) is 5.30. The standard InChI is InChI=1S/C4H8.BF4/c1-4(2)3;2-1(3,4)5/h1H2,2-3H3;/q;-1. The van der Waals surface area contributed by atoms with Crippen LogP contribution in [0, 0.1) is 0 Å². The van der Waals surface area contributed by atoms with Crippen LogP contribution in [0.25, 0.3) is 0 Å². The van der Waals surface area contributed by atoms with Gasteiger partial charge in [-0.25, -0.2) is 0 Å². The average molecular weight is 143 g/mol. The van der Waals surface area contributed by atoms with Gasteiger partial charge in [0.1, 0.15) is 0 Å². The lowest BCUT2D eigenvalue weighted by atomic mass is 10.3. The Kier molecular flexibility index (Phi) is 5.55. The highest BCUT2D eigenvalue weighted by molar-refractivity contribution is 6.50. The van der Waals surface area contributed by atoms with Gasteiger partial charge in [0.15, 0.2) is 0 Å². The van der Waals surface area contributed by atoms with E-state index in [4.69, 9.17) is 0 Å². The van der Waals surface area contributed by atoms with Gasteiger partial charge in [-0.1, -0.05) is 5.57 Å². The van der Waals surface area contributed by atoms with E-state index >= 15 is 0 Å². The first kappa shape index (κ1) is 11.3. The molecule has 0 aromatic carbocycles. The SMILES string of the molecule is C=C(C)C.F[B-](F)(F)F. The molecular formula is C4H8BF4-. The van der Waals surface area contributed by atoms with Crippen LogP contribution in [-0.4, -0.2) is 7.25 Å². The van der Waals surface area contributed by atoms with Crippen LogP contribution >= 0.6 is 0 Å². The molecule has 0 spiro atoms. The van der Waals surface area contributed by atoms with Crippen LogP contribution < -0.4 is 0 Å². The molecule has 0 N–H and O–H groups in total. The van der Waals surface area contributed by atoms with Crippen molar-refractivity contribution in [3.63, 3.8) is 0 Å². The molecule has 5 heteroatoms. The second-order valence-corrected chi connectivity index (χ2v) is 1.70. The van der Waals surface area contributed by atoms with Gasteiger partial charge in [-0.2, -0.15) is 0 Å². The molecule has 0 nitrogen and oxygen atoms in total. The first-order chi connectivity index (χ1) is 3.73. The minimum atomic E-state index is -6.00. The number of halogens is 4. The predicted octanol–water partition coefficient (Wildman–Crippen LogP) is 2.88. The van der Waals surface area contributed by atoms with Crippen LogP contribution in [0.2, 0.25) is 0 Å². The number of rotatable bonds is 0. The summed E-state index contributed by atoms with van der Waals surface area (Å²) >= 11 is 0. The summed E-state index contributed by atoms with van der Waals surface area (Å²) in [6.45, 7) is 7.50. The lowest BCUT2D eigenvalue weighted by Crippen LogP contribution is -2.02. The Labute approximate surface area is 51.7 Å². The van der Waals surface area contributed by atoms with E-state index in [1.165, 1.54) is 5.57 Å². The topological polar surface area (TPSA) is 0 Å². The molecule has 0 rings (SSSR count). The van der Waals surface area contributed by atoms with Gasteiger partial charge in [-0.05, 0) is 13.8 Å². The largest absolute Gasteiger partial charge is 0.673 e. The van der Waals surface area contributed by atoms with Crippen LogP contribution in [-0.2, 0) is 0 Å². The molecular weight excluding hydrogens is 135 g/mol. The summed E-state index contributed by atoms with van der Waals surface area (Å²) in [4.78, 5) is 0. The second kappa shape index (κ2) is 4.41. The molecule has 0 atom stereocenters. The Morgan fingerprint density at radius 1 is 1.11 bits per heavy atom. The van der Waals surface area contributed by atoms with Crippen LogP contribution in [0.3, 0.4) is 0 Å². The quantitative estimate of drug-likeness (QED) is 0.277. The number of hydrogen-bond acceptors (Lipinski definition) is 0. The Morgan fingerprint density at radius 3 is 1.11 bits per heavy atom.